The molecule has 2 nitrogen and oxygen atoms in total. The smallest absolute Gasteiger partial charge is 0.0834 e. The molecule has 2 N–H and O–H groups in total. The molecule has 1 saturated carbocycles. The maximum Gasteiger partial charge on any atom is 0.0834 e. The van der Waals surface area contributed by atoms with Crippen LogP contribution < -0.4 is 0 Å². The van der Waals surface area contributed by atoms with Crippen molar-refractivity contribution in [1.29, 1.82) is 0 Å². The zero-order valence-corrected chi connectivity index (χ0v) is 8.16. The Morgan fingerprint density at radius 3 is 2.92 bits per heavy atom. The normalized spacial score (nSPS) is 50.2. The van der Waals surface area contributed by atoms with Crippen LogP contribution in [0.3, 0.4) is 0 Å². The van der Waals surface area contributed by atoms with Crippen molar-refractivity contribution in [1.82, 2.24) is 0 Å². The lowest BCUT2D eigenvalue weighted by Crippen LogP contribution is -2.45. The van der Waals surface area contributed by atoms with E-state index in [2.05, 4.69) is 13.0 Å². The van der Waals surface area contributed by atoms with Crippen LogP contribution in [0.5, 0.6) is 0 Å². The Labute approximate surface area is 79.3 Å². The van der Waals surface area contributed by atoms with Gasteiger partial charge in [-0.25, -0.2) is 0 Å². The average Bonchev–Trinajstić information content (AvgIpc) is 2.19. The number of aliphatic hydroxyl groups excluding tert-OH is 1. The van der Waals surface area contributed by atoms with Gasteiger partial charge in [-0.3, -0.25) is 0 Å². The molecule has 0 aromatic rings. The van der Waals surface area contributed by atoms with Crippen molar-refractivity contribution >= 4 is 0 Å². The molecule has 1 fully saturated rings. The Kier molecular flexibility index (Phi) is 2.00. The quantitative estimate of drug-likeness (QED) is 0.559. The highest BCUT2D eigenvalue weighted by Gasteiger charge is 2.45. The van der Waals surface area contributed by atoms with Gasteiger partial charge in [0.2, 0.25) is 0 Å². The maximum atomic E-state index is 10.2. The molecule has 2 bridgehead atoms. The van der Waals surface area contributed by atoms with E-state index in [-0.39, 0.29) is 11.5 Å². The molecule has 3 atom stereocenters. The van der Waals surface area contributed by atoms with Crippen LogP contribution in [0.1, 0.15) is 39.0 Å². The zero-order valence-electron chi connectivity index (χ0n) is 8.16. The monoisotopic (exact) mass is 182 g/mol. The second kappa shape index (κ2) is 2.82. The van der Waals surface area contributed by atoms with Gasteiger partial charge in [-0.1, -0.05) is 19.1 Å². The summed E-state index contributed by atoms with van der Waals surface area (Å²) < 4.78 is 0. The molecule has 0 heterocycles. The number of aliphatic hydroxyl groups is 2. The molecule has 0 aromatic carbocycles. The Morgan fingerprint density at radius 2 is 2.15 bits per heavy atom. The molecule has 1 unspecified atom stereocenters. The molecule has 2 aliphatic rings. The lowest BCUT2D eigenvalue weighted by molar-refractivity contribution is -0.0814. The van der Waals surface area contributed by atoms with Crippen LogP contribution >= 0.6 is 0 Å². The summed E-state index contributed by atoms with van der Waals surface area (Å²) in [4.78, 5) is 0. The SMILES string of the molecule is C[C@@]12CCC=C[C@@](O)(CCC1O)C2. The third-order valence-electron chi connectivity index (χ3n) is 3.68. The zero-order chi connectivity index (χ0) is 9.53. The van der Waals surface area contributed by atoms with E-state index < -0.39 is 5.60 Å². The molecular weight excluding hydrogens is 164 g/mol. The molecule has 0 aromatic heterocycles. The van der Waals surface area contributed by atoms with Crippen LogP contribution in [0, 0.1) is 5.41 Å². The van der Waals surface area contributed by atoms with Gasteiger partial charge in [-0.05, 0) is 37.5 Å². The molecular formula is C11H18O2. The molecule has 2 heteroatoms. The van der Waals surface area contributed by atoms with Crippen molar-refractivity contribution in [3.05, 3.63) is 12.2 Å². The summed E-state index contributed by atoms with van der Waals surface area (Å²) in [5, 5.41) is 20.0. The predicted octanol–water partition coefficient (Wildman–Crippen LogP) is 1.62. The minimum absolute atomic E-state index is 0.0729. The Morgan fingerprint density at radius 1 is 1.38 bits per heavy atom. The van der Waals surface area contributed by atoms with Crippen LogP contribution in [-0.2, 0) is 0 Å². The Hall–Kier alpha value is -0.340. The van der Waals surface area contributed by atoms with E-state index in [0.717, 1.165) is 25.7 Å². The third kappa shape index (κ3) is 1.53. The lowest BCUT2D eigenvalue weighted by Gasteiger charge is -2.44. The van der Waals surface area contributed by atoms with Crippen molar-refractivity contribution in [2.75, 3.05) is 0 Å². The minimum atomic E-state index is -0.634. The van der Waals surface area contributed by atoms with E-state index in [1.165, 1.54) is 0 Å². The molecule has 0 radical (unpaired) electrons. The topological polar surface area (TPSA) is 40.5 Å². The van der Waals surface area contributed by atoms with Crippen LogP contribution in [0.15, 0.2) is 12.2 Å². The van der Waals surface area contributed by atoms with Gasteiger partial charge in [-0.2, -0.15) is 0 Å². The average molecular weight is 182 g/mol. The summed E-state index contributed by atoms with van der Waals surface area (Å²) in [6.45, 7) is 2.09. The first-order valence-corrected chi connectivity index (χ1v) is 5.12. The van der Waals surface area contributed by atoms with E-state index in [4.69, 9.17) is 0 Å². The lowest BCUT2D eigenvalue weighted by atomic mass is 9.66. The first-order chi connectivity index (χ1) is 6.04. The van der Waals surface area contributed by atoms with Crippen molar-refractivity contribution in [2.45, 2.75) is 50.7 Å². The van der Waals surface area contributed by atoms with Crippen molar-refractivity contribution in [3.8, 4) is 0 Å². The van der Waals surface area contributed by atoms with E-state index >= 15 is 0 Å². The summed E-state index contributed by atoms with van der Waals surface area (Å²) in [6.07, 6.45) is 7.90. The Balaban J connectivity index is 2.28. The van der Waals surface area contributed by atoms with Gasteiger partial charge >= 0.3 is 0 Å². The summed E-state index contributed by atoms with van der Waals surface area (Å²) in [5.74, 6) is 0. The maximum absolute atomic E-state index is 10.2. The molecule has 2 aliphatic carbocycles. The molecule has 0 saturated heterocycles. The molecule has 0 spiro atoms. The molecule has 13 heavy (non-hydrogen) atoms. The summed E-state index contributed by atoms with van der Waals surface area (Å²) in [5.41, 5.74) is -0.707. The number of allylic oxidation sites excluding steroid dienone is 1. The van der Waals surface area contributed by atoms with Gasteiger partial charge in [0.25, 0.3) is 0 Å². The van der Waals surface area contributed by atoms with Crippen LogP contribution in [0.2, 0.25) is 0 Å². The van der Waals surface area contributed by atoms with E-state index in [0.29, 0.717) is 6.42 Å². The Bertz CT molecular complexity index is 236. The van der Waals surface area contributed by atoms with Crippen molar-refractivity contribution < 1.29 is 10.2 Å². The van der Waals surface area contributed by atoms with E-state index in [1.54, 1.807) is 0 Å². The van der Waals surface area contributed by atoms with E-state index in [1.807, 2.05) is 6.08 Å². The summed E-state index contributed by atoms with van der Waals surface area (Å²) >= 11 is 0. The predicted molar refractivity (Wildman–Crippen MR) is 51.3 cm³/mol. The molecule has 2 rings (SSSR count). The number of hydrogen-bond donors (Lipinski definition) is 2. The molecule has 74 valence electrons. The molecule has 0 aliphatic heterocycles. The van der Waals surface area contributed by atoms with Gasteiger partial charge < -0.3 is 10.2 Å². The highest BCUT2D eigenvalue weighted by Crippen LogP contribution is 2.46. The largest absolute Gasteiger partial charge is 0.393 e. The minimum Gasteiger partial charge on any atom is -0.393 e. The van der Waals surface area contributed by atoms with Gasteiger partial charge in [0.1, 0.15) is 0 Å². The first kappa shape index (κ1) is 9.22. The fraction of sp³-hybridized carbons (Fsp3) is 0.818. The second-order valence-electron chi connectivity index (χ2n) is 4.93. The molecule has 0 amide bonds. The van der Waals surface area contributed by atoms with Gasteiger partial charge in [0.05, 0.1) is 11.7 Å². The number of rotatable bonds is 0. The second-order valence-corrected chi connectivity index (χ2v) is 4.93. The summed E-state index contributed by atoms with van der Waals surface area (Å²) in [7, 11) is 0. The highest BCUT2D eigenvalue weighted by molar-refractivity contribution is 5.11. The fourth-order valence-electron chi connectivity index (χ4n) is 2.75. The van der Waals surface area contributed by atoms with Crippen LogP contribution in [0.4, 0.5) is 0 Å². The van der Waals surface area contributed by atoms with E-state index in [9.17, 15) is 10.2 Å². The van der Waals surface area contributed by atoms with Gasteiger partial charge in [0.15, 0.2) is 0 Å². The van der Waals surface area contributed by atoms with Crippen LogP contribution in [0.25, 0.3) is 0 Å². The number of fused-ring (bicyclic) bond motifs is 2. The third-order valence-corrected chi connectivity index (χ3v) is 3.68. The summed E-state index contributed by atoms with van der Waals surface area (Å²) in [6, 6.07) is 0. The van der Waals surface area contributed by atoms with Gasteiger partial charge in [-0.15, -0.1) is 0 Å². The fourth-order valence-corrected chi connectivity index (χ4v) is 2.75. The van der Waals surface area contributed by atoms with Gasteiger partial charge in [0, 0.05) is 0 Å². The first-order valence-electron chi connectivity index (χ1n) is 5.12. The van der Waals surface area contributed by atoms with Crippen LogP contribution in [-0.4, -0.2) is 21.9 Å². The van der Waals surface area contributed by atoms with Crippen molar-refractivity contribution in [3.63, 3.8) is 0 Å². The standard InChI is InChI=1S/C11H18O2/c1-10-5-2-3-6-11(13,8-10)7-4-9(10)12/h3,6,9,12-13H,2,4-5,7-8H2,1H3/t9?,10-,11+/m0/s1. The highest BCUT2D eigenvalue weighted by atomic mass is 16.3. The number of hydrogen-bond acceptors (Lipinski definition) is 2. The van der Waals surface area contributed by atoms with Crippen molar-refractivity contribution in [2.24, 2.45) is 5.41 Å².